The molecular weight excluding hydrogens is 382 g/mol. The molecule has 0 atom stereocenters. The van der Waals surface area contributed by atoms with Crippen LogP contribution in [-0.4, -0.2) is 51.5 Å². The Morgan fingerprint density at radius 1 is 1.14 bits per heavy atom. The number of aromatic nitrogens is 3. The highest BCUT2D eigenvalue weighted by atomic mass is 35.5. The predicted octanol–water partition coefficient (Wildman–Crippen LogP) is 1.24. The highest BCUT2D eigenvalue weighted by Gasteiger charge is 2.23. The number of aryl methyl sites for hydroxylation is 1. The largest absolute Gasteiger partial charge is 0.368 e. The Labute approximate surface area is 165 Å². The van der Waals surface area contributed by atoms with Crippen molar-refractivity contribution < 1.29 is 4.79 Å². The zero-order valence-corrected chi connectivity index (χ0v) is 15.9. The van der Waals surface area contributed by atoms with Gasteiger partial charge in [0.25, 0.3) is 11.5 Å². The smallest absolute Gasteiger partial charge is 0.329 e. The van der Waals surface area contributed by atoms with Crippen LogP contribution in [0.2, 0.25) is 5.02 Å². The molecule has 1 N–H and O–H groups in total. The zero-order valence-electron chi connectivity index (χ0n) is 15.2. The van der Waals surface area contributed by atoms with E-state index in [9.17, 15) is 14.4 Å². The summed E-state index contributed by atoms with van der Waals surface area (Å²) in [5.41, 5.74) is 0.510. The molecule has 1 aliphatic heterocycles. The molecule has 1 saturated heterocycles. The number of pyridine rings is 1. The van der Waals surface area contributed by atoms with Gasteiger partial charge >= 0.3 is 5.69 Å². The van der Waals surface area contributed by atoms with Crippen LogP contribution in [0.5, 0.6) is 0 Å². The fourth-order valence-corrected chi connectivity index (χ4v) is 3.56. The molecule has 0 aliphatic carbocycles. The van der Waals surface area contributed by atoms with Crippen LogP contribution >= 0.6 is 11.6 Å². The van der Waals surface area contributed by atoms with Gasteiger partial charge in [-0.15, -0.1) is 0 Å². The van der Waals surface area contributed by atoms with Crippen molar-refractivity contribution in [2.24, 2.45) is 7.05 Å². The standard InChI is InChI=1S/C19H18ClN5O3/c1-23-16-15(17(26)22-19(23)28)9-12(11-21-16)18(27)25-7-5-24(6-8-25)14-4-2-3-13(20)10-14/h2-4,9-11H,5-8H2,1H3,(H,22,26,28). The van der Waals surface area contributed by atoms with Gasteiger partial charge in [0.1, 0.15) is 5.65 Å². The molecule has 4 rings (SSSR count). The first kappa shape index (κ1) is 18.2. The zero-order chi connectivity index (χ0) is 19.8. The average molecular weight is 400 g/mol. The van der Waals surface area contributed by atoms with Gasteiger partial charge in [0.05, 0.1) is 10.9 Å². The van der Waals surface area contributed by atoms with E-state index in [4.69, 9.17) is 11.6 Å². The summed E-state index contributed by atoms with van der Waals surface area (Å²) in [6.45, 7) is 2.46. The summed E-state index contributed by atoms with van der Waals surface area (Å²) in [7, 11) is 1.52. The van der Waals surface area contributed by atoms with Crippen molar-refractivity contribution in [2.75, 3.05) is 31.1 Å². The molecule has 0 spiro atoms. The summed E-state index contributed by atoms with van der Waals surface area (Å²) in [5.74, 6) is -0.187. The Kier molecular flexibility index (Phi) is 4.64. The number of halogens is 1. The third-order valence-corrected chi connectivity index (χ3v) is 5.18. The van der Waals surface area contributed by atoms with Gasteiger partial charge in [-0.2, -0.15) is 0 Å². The minimum absolute atomic E-state index is 0.187. The third-order valence-electron chi connectivity index (χ3n) is 4.94. The number of hydrogen-bond donors (Lipinski definition) is 1. The van der Waals surface area contributed by atoms with Crippen LogP contribution in [0, 0.1) is 0 Å². The molecule has 0 radical (unpaired) electrons. The number of aromatic amines is 1. The monoisotopic (exact) mass is 399 g/mol. The number of hydrogen-bond acceptors (Lipinski definition) is 5. The maximum atomic E-state index is 12.9. The lowest BCUT2D eigenvalue weighted by molar-refractivity contribution is 0.0746. The third kappa shape index (κ3) is 3.27. The van der Waals surface area contributed by atoms with Crippen molar-refractivity contribution in [3.63, 3.8) is 0 Å². The summed E-state index contributed by atoms with van der Waals surface area (Å²) in [5, 5.41) is 0.892. The SMILES string of the molecule is Cn1c(=O)[nH]c(=O)c2cc(C(=O)N3CCN(c4cccc(Cl)c4)CC3)cnc21. The summed E-state index contributed by atoms with van der Waals surface area (Å²) in [6, 6.07) is 9.12. The molecule has 0 unspecified atom stereocenters. The summed E-state index contributed by atoms with van der Waals surface area (Å²) < 4.78 is 1.24. The van der Waals surface area contributed by atoms with Gasteiger partial charge < -0.3 is 9.80 Å². The molecular formula is C19H18ClN5O3. The lowest BCUT2D eigenvalue weighted by Crippen LogP contribution is -2.48. The van der Waals surface area contributed by atoms with Gasteiger partial charge in [-0.1, -0.05) is 17.7 Å². The number of benzene rings is 1. The second kappa shape index (κ2) is 7.12. The summed E-state index contributed by atoms with van der Waals surface area (Å²) in [6.07, 6.45) is 1.41. The highest BCUT2D eigenvalue weighted by Crippen LogP contribution is 2.21. The molecule has 1 aromatic carbocycles. The van der Waals surface area contributed by atoms with Crippen LogP contribution in [-0.2, 0) is 7.05 Å². The van der Waals surface area contributed by atoms with Gasteiger partial charge in [0, 0.05) is 50.1 Å². The number of fused-ring (bicyclic) bond motifs is 1. The van der Waals surface area contributed by atoms with Gasteiger partial charge in [-0.05, 0) is 24.3 Å². The van der Waals surface area contributed by atoms with Crippen molar-refractivity contribution >= 4 is 34.2 Å². The molecule has 1 aliphatic rings. The highest BCUT2D eigenvalue weighted by molar-refractivity contribution is 6.30. The first-order chi connectivity index (χ1) is 13.4. The molecule has 2 aromatic heterocycles. The van der Waals surface area contributed by atoms with E-state index in [1.165, 1.54) is 23.9 Å². The van der Waals surface area contributed by atoms with Gasteiger partial charge in [0.15, 0.2) is 0 Å². The molecule has 8 nitrogen and oxygen atoms in total. The minimum atomic E-state index is -0.550. The van der Waals surface area contributed by atoms with Crippen LogP contribution in [0.25, 0.3) is 11.0 Å². The number of nitrogens with one attached hydrogen (secondary N) is 1. The second-order valence-electron chi connectivity index (χ2n) is 6.67. The Hall–Kier alpha value is -3.13. The van der Waals surface area contributed by atoms with Crippen LogP contribution in [0.1, 0.15) is 10.4 Å². The Bertz CT molecular complexity index is 1180. The Morgan fingerprint density at radius 2 is 1.89 bits per heavy atom. The van der Waals surface area contributed by atoms with E-state index in [1.807, 2.05) is 24.3 Å². The van der Waals surface area contributed by atoms with E-state index in [0.717, 1.165) is 5.69 Å². The van der Waals surface area contributed by atoms with Crippen LogP contribution < -0.4 is 16.1 Å². The number of rotatable bonds is 2. The number of carbonyl (C=O) groups is 1. The van der Waals surface area contributed by atoms with Crippen molar-refractivity contribution in [1.29, 1.82) is 0 Å². The summed E-state index contributed by atoms with van der Waals surface area (Å²) in [4.78, 5) is 46.9. The quantitative estimate of drug-likeness (QED) is 0.700. The van der Waals surface area contributed by atoms with Crippen molar-refractivity contribution in [1.82, 2.24) is 19.4 Å². The van der Waals surface area contributed by atoms with Gasteiger partial charge in [-0.3, -0.25) is 19.1 Å². The van der Waals surface area contributed by atoms with E-state index in [-0.39, 0.29) is 16.9 Å². The Balaban J connectivity index is 1.54. The predicted molar refractivity (Wildman–Crippen MR) is 107 cm³/mol. The topological polar surface area (TPSA) is 91.3 Å². The van der Waals surface area contributed by atoms with E-state index in [0.29, 0.717) is 36.8 Å². The number of piperazine rings is 1. The average Bonchev–Trinajstić information content (AvgIpc) is 2.71. The minimum Gasteiger partial charge on any atom is -0.368 e. The van der Waals surface area contributed by atoms with Crippen LogP contribution in [0.15, 0.2) is 46.1 Å². The van der Waals surface area contributed by atoms with E-state index >= 15 is 0 Å². The molecule has 1 fully saturated rings. The summed E-state index contributed by atoms with van der Waals surface area (Å²) >= 11 is 6.06. The first-order valence-electron chi connectivity index (χ1n) is 8.83. The fourth-order valence-electron chi connectivity index (χ4n) is 3.38. The van der Waals surface area contributed by atoms with Crippen LogP contribution in [0.4, 0.5) is 5.69 Å². The molecule has 1 amide bonds. The number of nitrogens with zero attached hydrogens (tertiary/aromatic N) is 4. The van der Waals surface area contributed by atoms with E-state index in [2.05, 4.69) is 14.9 Å². The van der Waals surface area contributed by atoms with Crippen molar-refractivity contribution in [2.45, 2.75) is 0 Å². The van der Waals surface area contributed by atoms with Gasteiger partial charge in [0.2, 0.25) is 0 Å². The van der Waals surface area contributed by atoms with Gasteiger partial charge in [-0.25, -0.2) is 9.78 Å². The molecule has 3 heterocycles. The number of carbonyl (C=O) groups excluding carboxylic acids is 1. The normalized spacial score (nSPS) is 14.5. The molecule has 28 heavy (non-hydrogen) atoms. The fraction of sp³-hybridized carbons (Fsp3) is 0.263. The lowest BCUT2D eigenvalue weighted by Gasteiger charge is -2.36. The number of H-pyrrole nitrogens is 1. The Morgan fingerprint density at radius 3 is 2.61 bits per heavy atom. The molecule has 0 bridgehead atoms. The number of amides is 1. The van der Waals surface area contributed by atoms with Crippen molar-refractivity contribution in [3.8, 4) is 0 Å². The van der Waals surface area contributed by atoms with E-state index < -0.39 is 11.2 Å². The first-order valence-corrected chi connectivity index (χ1v) is 9.21. The maximum Gasteiger partial charge on any atom is 0.329 e. The van der Waals surface area contributed by atoms with Crippen molar-refractivity contribution in [3.05, 3.63) is 68.0 Å². The van der Waals surface area contributed by atoms with Crippen LogP contribution in [0.3, 0.4) is 0 Å². The molecule has 9 heteroatoms. The lowest BCUT2D eigenvalue weighted by atomic mass is 10.2. The number of anilines is 1. The molecule has 3 aromatic rings. The maximum absolute atomic E-state index is 12.9. The second-order valence-corrected chi connectivity index (χ2v) is 7.11. The molecule has 144 valence electrons. The van der Waals surface area contributed by atoms with E-state index in [1.54, 1.807) is 4.90 Å². The molecule has 0 saturated carbocycles.